The number of aliphatic carboxylic acids is 2. The van der Waals surface area contributed by atoms with E-state index in [2.05, 4.69) is 51.8 Å². The molecule has 10 N–H and O–H groups in total. The molecule has 6 amide bonds. The Bertz CT molecular complexity index is 1220. The van der Waals surface area contributed by atoms with E-state index < -0.39 is 102 Å². The maximum atomic E-state index is 13.8. The molecule has 0 aromatic rings. The molecule has 0 aliphatic carbocycles. The minimum Gasteiger partial charge on any atom is -0.481 e. The van der Waals surface area contributed by atoms with Crippen LogP contribution in [0.2, 0.25) is 0 Å². The predicted octanol–water partition coefficient (Wildman–Crippen LogP) is -3.02. The van der Waals surface area contributed by atoms with Crippen LogP contribution < -0.4 is 32.3 Å². The van der Waals surface area contributed by atoms with E-state index in [0.29, 0.717) is 6.42 Å². The number of nitrogens with two attached hydrogens (primary N) is 1. The lowest BCUT2D eigenvalue weighted by Crippen LogP contribution is -2.61. The first-order chi connectivity index (χ1) is 22.8. The molecule has 8 atom stereocenters. The van der Waals surface area contributed by atoms with Crippen LogP contribution in [0, 0.1) is 5.92 Å². The Labute approximate surface area is 295 Å². The normalized spacial score (nSPS) is 18.6. The summed E-state index contributed by atoms with van der Waals surface area (Å²) in [5.74, 6) is -7.73. The zero-order valence-corrected chi connectivity index (χ0v) is 29.7. The van der Waals surface area contributed by atoms with Crippen molar-refractivity contribution in [2.24, 2.45) is 11.7 Å². The lowest BCUT2D eigenvalue weighted by molar-refractivity contribution is -0.143. The van der Waals surface area contributed by atoms with Gasteiger partial charge < -0.3 is 52.5 Å². The number of rotatable bonds is 20. The van der Waals surface area contributed by atoms with Crippen molar-refractivity contribution in [2.75, 3.05) is 18.1 Å². The molecule has 1 saturated heterocycles. The van der Waals surface area contributed by atoms with Crippen molar-refractivity contribution in [3.05, 3.63) is 0 Å². The standard InChI is InChI=1S/C29H49N7O11S2/c1-13(2)10-18(28(45)36-9-5-6-20(36)26(43)31-14(3)23(40)34-19(12-49)29(46)47)33-27(44)22(15(4)37)35-25(42)17(7-8-21(38)39)32-24(41)16(30)11-48/h13-20,22,37,48-49H,5-12,30H2,1-4H3,(H,31,43)(H,32,41)(H,33,44)(H,34,40)(H,35,42)(H,38,39)(H,46,47)/t14-,15+,16-,17-,18-,19-,20-,22-/m0/s1. The summed E-state index contributed by atoms with van der Waals surface area (Å²) in [6, 6.07) is -8.82. The van der Waals surface area contributed by atoms with Crippen LogP contribution in [-0.2, 0) is 38.4 Å². The fraction of sp³-hybridized carbons (Fsp3) is 0.724. The maximum absolute atomic E-state index is 13.8. The van der Waals surface area contributed by atoms with Crippen LogP contribution >= 0.6 is 25.3 Å². The van der Waals surface area contributed by atoms with E-state index in [1.807, 2.05) is 0 Å². The first kappa shape index (κ1) is 43.4. The molecule has 1 rings (SSSR count). The summed E-state index contributed by atoms with van der Waals surface area (Å²) in [5, 5.41) is 40.6. The van der Waals surface area contributed by atoms with Gasteiger partial charge in [0.1, 0.15) is 36.3 Å². The Balaban J connectivity index is 3.13. The quantitative estimate of drug-likeness (QED) is 0.0558. The Hall–Kier alpha value is -3.62. The molecule has 1 aliphatic heterocycles. The van der Waals surface area contributed by atoms with Crippen LogP contribution in [0.25, 0.3) is 0 Å². The highest BCUT2D eigenvalue weighted by Crippen LogP contribution is 2.21. The van der Waals surface area contributed by atoms with Gasteiger partial charge in [-0.05, 0) is 45.4 Å². The van der Waals surface area contributed by atoms with Gasteiger partial charge in [0.2, 0.25) is 35.4 Å². The molecule has 0 radical (unpaired) electrons. The molecule has 1 heterocycles. The van der Waals surface area contributed by atoms with Gasteiger partial charge in [-0.2, -0.15) is 25.3 Å². The lowest BCUT2D eigenvalue weighted by Gasteiger charge is -2.31. The average molecular weight is 736 g/mol. The minimum absolute atomic E-state index is 0.0689. The van der Waals surface area contributed by atoms with Gasteiger partial charge in [-0.1, -0.05) is 13.8 Å². The highest BCUT2D eigenvalue weighted by molar-refractivity contribution is 7.80. The molecule has 0 aromatic carbocycles. The molecule has 0 saturated carbocycles. The Morgan fingerprint density at radius 3 is 1.90 bits per heavy atom. The minimum atomic E-state index is -1.64. The van der Waals surface area contributed by atoms with Gasteiger partial charge in [0, 0.05) is 24.5 Å². The number of carbonyl (C=O) groups excluding carboxylic acids is 6. The van der Waals surface area contributed by atoms with E-state index in [0.717, 1.165) is 0 Å². The molecule has 1 aliphatic rings. The Morgan fingerprint density at radius 2 is 1.39 bits per heavy atom. The summed E-state index contributed by atoms with van der Waals surface area (Å²) < 4.78 is 0. The number of carbonyl (C=O) groups is 8. The summed E-state index contributed by atoms with van der Waals surface area (Å²) in [7, 11) is 0. The Kier molecular flexibility index (Phi) is 18.4. The molecule has 0 aromatic heterocycles. The monoisotopic (exact) mass is 735 g/mol. The van der Waals surface area contributed by atoms with Gasteiger partial charge in [-0.3, -0.25) is 33.6 Å². The van der Waals surface area contributed by atoms with Gasteiger partial charge in [0.05, 0.1) is 12.1 Å². The van der Waals surface area contributed by atoms with Crippen LogP contribution in [0.5, 0.6) is 0 Å². The highest BCUT2D eigenvalue weighted by Gasteiger charge is 2.40. The third-order valence-electron chi connectivity index (χ3n) is 7.59. The molecular weight excluding hydrogens is 686 g/mol. The molecule has 0 unspecified atom stereocenters. The molecule has 18 nitrogen and oxygen atoms in total. The van der Waals surface area contributed by atoms with Crippen molar-refractivity contribution in [2.45, 2.75) is 108 Å². The van der Waals surface area contributed by atoms with Crippen LogP contribution in [0.4, 0.5) is 0 Å². The molecule has 0 spiro atoms. The molecule has 1 fully saturated rings. The Morgan fingerprint density at radius 1 is 0.796 bits per heavy atom. The van der Waals surface area contributed by atoms with E-state index >= 15 is 0 Å². The number of thiol groups is 2. The number of hydrogen-bond donors (Lipinski definition) is 11. The highest BCUT2D eigenvalue weighted by atomic mass is 32.1. The SMILES string of the molecule is CC(C)C[C@H](NC(=O)[C@@H](NC(=O)[C@H](CCC(=O)O)NC(=O)[C@@H](N)CS)[C@@H](C)O)C(=O)N1CCC[C@H]1C(=O)N[C@@H](C)C(=O)N[C@@H](CS)C(=O)O. The van der Waals surface area contributed by atoms with E-state index in [1.165, 1.54) is 18.7 Å². The number of hydrogen-bond acceptors (Lipinski definition) is 12. The molecule has 20 heteroatoms. The second kappa shape index (κ2) is 20.8. The first-order valence-corrected chi connectivity index (χ1v) is 17.0. The predicted molar refractivity (Wildman–Crippen MR) is 181 cm³/mol. The van der Waals surface area contributed by atoms with Gasteiger partial charge in [-0.15, -0.1) is 0 Å². The summed E-state index contributed by atoms with van der Waals surface area (Å²) in [6.45, 7) is 6.28. The third kappa shape index (κ3) is 14.0. The van der Waals surface area contributed by atoms with Gasteiger partial charge in [-0.25, -0.2) is 4.79 Å². The number of carboxylic acid groups (broad SMARTS) is 2. The topological polar surface area (TPSA) is 287 Å². The summed E-state index contributed by atoms with van der Waals surface area (Å²) in [6.07, 6.45) is -1.60. The van der Waals surface area contributed by atoms with Crippen LogP contribution in [-0.4, -0.2) is 134 Å². The second-order valence-electron chi connectivity index (χ2n) is 12.2. The number of aliphatic hydroxyl groups is 1. The van der Waals surface area contributed by atoms with Gasteiger partial charge in [0.15, 0.2) is 0 Å². The molecule has 278 valence electrons. The van der Waals surface area contributed by atoms with Crippen molar-refractivity contribution in [1.82, 2.24) is 31.5 Å². The summed E-state index contributed by atoms with van der Waals surface area (Å²) in [4.78, 5) is 102. The molecular formula is C29H49N7O11S2. The number of aliphatic hydroxyl groups excluding tert-OH is 1. The van der Waals surface area contributed by atoms with Gasteiger partial charge >= 0.3 is 11.9 Å². The largest absolute Gasteiger partial charge is 0.481 e. The van der Waals surface area contributed by atoms with E-state index in [-0.39, 0.29) is 43.2 Å². The number of amides is 6. The van der Waals surface area contributed by atoms with Crippen molar-refractivity contribution in [3.63, 3.8) is 0 Å². The first-order valence-electron chi connectivity index (χ1n) is 15.8. The van der Waals surface area contributed by atoms with Crippen LogP contribution in [0.15, 0.2) is 0 Å². The fourth-order valence-corrected chi connectivity index (χ4v) is 5.29. The van der Waals surface area contributed by atoms with Gasteiger partial charge in [0.25, 0.3) is 0 Å². The van der Waals surface area contributed by atoms with Crippen molar-refractivity contribution in [3.8, 4) is 0 Å². The van der Waals surface area contributed by atoms with Crippen molar-refractivity contribution < 1.29 is 53.7 Å². The third-order valence-corrected chi connectivity index (χ3v) is 8.34. The molecule has 49 heavy (non-hydrogen) atoms. The van der Waals surface area contributed by atoms with E-state index in [1.54, 1.807) is 13.8 Å². The molecule has 0 bridgehead atoms. The van der Waals surface area contributed by atoms with Crippen molar-refractivity contribution in [1.29, 1.82) is 0 Å². The van der Waals surface area contributed by atoms with Crippen molar-refractivity contribution >= 4 is 72.6 Å². The zero-order valence-electron chi connectivity index (χ0n) is 27.9. The van der Waals surface area contributed by atoms with Crippen LogP contribution in [0.3, 0.4) is 0 Å². The maximum Gasteiger partial charge on any atom is 0.327 e. The fourth-order valence-electron chi connectivity index (χ4n) is 4.87. The van der Waals surface area contributed by atoms with Crippen LogP contribution in [0.1, 0.15) is 59.8 Å². The number of likely N-dealkylation sites (tertiary alicyclic amines) is 1. The summed E-state index contributed by atoms with van der Waals surface area (Å²) in [5.41, 5.74) is 5.65. The number of nitrogens with one attached hydrogen (secondary N) is 5. The lowest BCUT2D eigenvalue weighted by atomic mass is 10.0. The second-order valence-corrected chi connectivity index (χ2v) is 12.9. The smallest absolute Gasteiger partial charge is 0.327 e. The summed E-state index contributed by atoms with van der Waals surface area (Å²) >= 11 is 7.82. The van der Waals surface area contributed by atoms with E-state index in [9.17, 15) is 43.5 Å². The zero-order chi connectivity index (χ0) is 37.6. The van der Waals surface area contributed by atoms with E-state index in [4.69, 9.17) is 15.9 Å². The number of nitrogens with zero attached hydrogens (tertiary/aromatic N) is 1. The average Bonchev–Trinajstić information content (AvgIpc) is 3.52. The number of carboxylic acids is 2.